The summed E-state index contributed by atoms with van der Waals surface area (Å²) in [5, 5.41) is 15.3. The number of imidazole rings is 1. The van der Waals surface area contributed by atoms with E-state index >= 15 is 0 Å². The van der Waals surface area contributed by atoms with Gasteiger partial charge in [-0.15, -0.1) is 0 Å². The van der Waals surface area contributed by atoms with Gasteiger partial charge in [0, 0.05) is 50.1 Å². The summed E-state index contributed by atoms with van der Waals surface area (Å²) in [6.45, 7) is 5.05. The summed E-state index contributed by atoms with van der Waals surface area (Å²) in [7, 11) is 0. The third-order valence-electron chi connectivity index (χ3n) is 8.80. The first kappa shape index (κ1) is 42.8. The van der Waals surface area contributed by atoms with Crippen LogP contribution in [0.1, 0.15) is 51.0 Å². The van der Waals surface area contributed by atoms with Crippen molar-refractivity contribution >= 4 is 40.7 Å². The Labute approximate surface area is 321 Å². The van der Waals surface area contributed by atoms with Crippen LogP contribution in [0.15, 0.2) is 66.9 Å². The van der Waals surface area contributed by atoms with Crippen LogP contribution in [0.3, 0.4) is 0 Å². The summed E-state index contributed by atoms with van der Waals surface area (Å²) in [6.07, 6.45) is 3.81. The molecule has 0 radical (unpaired) electrons. The van der Waals surface area contributed by atoms with Crippen molar-refractivity contribution < 1.29 is 42.4 Å². The molecule has 5 N–H and O–H groups in total. The number of amides is 5. The van der Waals surface area contributed by atoms with Gasteiger partial charge in [0.2, 0.25) is 17.7 Å². The van der Waals surface area contributed by atoms with Gasteiger partial charge in [-0.3, -0.25) is 28.9 Å². The quantitative estimate of drug-likeness (QED) is 0.103. The molecule has 5 amide bonds. The summed E-state index contributed by atoms with van der Waals surface area (Å²) < 4.78 is 43.5. The SMILES string of the molecule is CC(C)(C)[C@H](c1nc(-c2cc(F)ccc2F)cn1Cc1ccccc1)N(CC[C@H](N)C(=O)NCC[S+]([O-])CCC(=O)NCCN1C(=O)C=CC1=O)C(=O)CO. The van der Waals surface area contributed by atoms with Crippen molar-refractivity contribution in [3.63, 3.8) is 0 Å². The minimum atomic E-state index is -1.46. The minimum absolute atomic E-state index is 0.00713. The molecule has 17 heteroatoms. The number of aliphatic hydroxyl groups is 1. The number of nitrogens with one attached hydrogen (secondary N) is 2. The Morgan fingerprint density at radius 3 is 2.36 bits per heavy atom. The van der Waals surface area contributed by atoms with Gasteiger partial charge in [-0.2, -0.15) is 0 Å². The van der Waals surface area contributed by atoms with E-state index in [2.05, 4.69) is 10.6 Å². The molecule has 1 aromatic heterocycles. The Kier molecular flexibility index (Phi) is 15.2. The molecule has 0 fully saturated rings. The zero-order valence-electron chi connectivity index (χ0n) is 31.0. The van der Waals surface area contributed by atoms with Gasteiger partial charge in [0.25, 0.3) is 11.8 Å². The summed E-state index contributed by atoms with van der Waals surface area (Å²) in [4.78, 5) is 68.8. The molecule has 3 aromatic rings. The number of carbonyl (C=O) groups is 5. The molecule has 1 aliphatic rings. The van der Waals surface area contributed by atoms with Crippen molar-refractivity contribution in [3.8, 4) is 11.3 Å². The molecule has 0 saturated carbocycles. The monoisotopic (exact) mass is 783 g/mol. The van der Waals surface area contributed by atoms with E-state index in [0.717, 1.165) is 40.8 Å². The predicted octanol–water partition coefficient (Wildman–Crippen LogP) is 1.80. The molecule has 2 aromatic carbocycles. The third kappa shape index (κ3) is 12.0. The van der Waals surface area contributed by atoms with Crippen LogP contribution in [0.25, 0.3) is 11.3 Å². The van der Waals surface area contributed by atoms with Crippen molar-refractivity contribution in [1.29, 1.82) is 0 Å². The zero-order chi connectivity index (χ0) is 40.3. The molecule has 296 valence electrons. The summed E-state index contributed by atoms with van der Waals surface area (Å²) in [6, 6.07) is 10.5. The van der Waals surface area contributed by atoms with Crippen LogP contribution in [0.2, 0.25) is 0 Å². The van der Waals surface area contributed by atoms with E-state index in [4.69, 9.17) is 10.7 Å². The lowest BCUT2D eigenvalue weighted by Gasteiger charge is -2.40. The van der Waals surface area contributed by atoms with Crippen molar-refractivity contribution in [2.75, 3.05) is 44.3 Å². The largest absolute Gasteiger partial charge is 0.616 e. The first-order valence-corrected chi connectivity index (χ1v) is 19.2. The normalized spacial score (nSPS) is 14.5. The van der Waals surface area contributed by atoms with E-state index in [1.807, 2.05) is 51.1 Å². The van der Waals surface area contributed by atoms with Gasteiger partial charge in [-0.1, -0.05) is 62.3 Å². The molecule has 0 saturated heterocycles. The first-order valence-electron chi connectivity index (χ1n) is 17.7. The highest BCUT2D eigenvalue weighted by molar-refractivity contribution is 7.91. The lowest BCUT2D eigenvalue weighted by Crippen LogP contribution is -2.48. The van der Waals surface area contributed by atoms with E-state index in [-0.39, 0.29) is 68.3 Å². The standard InChI is InChI=1S/C38H47F2N7O7S/c1-38(2,3)35(36-44-30(27-21-26(39)9-10-28(27)40)23-45(36)22-25-7-5-4-6-8-25)47(34(52)24-48)17-13-29(41)37(53)43-16-20-55(54)19-14-31(49)42-15-18-46-32(50)11-12-33(46)51/h4-12,21,23,29,35,48H,13-20,22,24,41H2,1-3H3,(H,42,49)(H,43,53)/t29-,35-,55?/m0/s1. The third-order valence-corrected chi connectivity index (χ3v) is 10.1. The Balaban J connectivity index is 1.38. The number of halogens is 2. The number of carbonyl (C=O) groups excluding carboxylic acids is 5. The molecule has 2 heterocycles. The number of aromatic nitrogens is 2. The molecule has 1 unspecified atom stereocenters. The van der Waals surface area contributed by atoms with Gasteiger partial charge in [-0.05, 0) is 35.6 Å². The first-order chi connectivity index (χ1) is 26.1. The highest BCUT2D eigenvalue weighted by Gasteiger charge is 2.38. The Morgan fingerprint density at radius 2 is 1.71 bits per heavy atom. The highest BCUT2D eigenvalue weighted by atomic mass is 32.2. The Bertz CT molecular complexity index is 1850. The molecule has 0 spiro atoms. The lowest BCUT2D eigenvalue weighted by atomic mass is 9.84. The van der Waals surface area contributed by atoms with Gasteiger partial charge in [-0.25, -0.2) is 13.8 Å². The van der Waals surface area contributed by atoms with Gasteiger partial charge in [0.1, 0.15) is 35.6 Å². The summed E-state index contributed by atoms with van der Waals surface area (Å²) in [5.74, 6) is -3.43. The average molecular weight is 784 g/mol. The minimum Gasteiger partial charge on any atom is -0.616 e. The van der Waals surface area contributed by atoms with Gasteiger partial charge in [0.05, 0.1) is 30.7 Å². The van der Waals surface area contributed by atoms with Crippen LogP contribution in [-0.2, 0) is 41.7 Å². The van der Waals surface area contributed by atoms with E-state index in [1.165, 1.54) is 4.90 Å². The van der Waals surface area contributed by atoms with Crippen molar-refractivity contribution in [3.05, 3.63) is 89.9 Å². The molecular weight excluding hydrogens is 737 g/mol. The van der Waals surface area contributed by atoms with E-state index in [0.29, 0.717) is 5.82 Å². The van der Waals surface area contributed by atoms with E-state index in [1.54, 1.807) is 10.8 Å². The van der Waals surface area contributed by atoms with Crippen LogP contribution >= 0.6 is 0 Å². The summed E-state index contributed by atoms with van der Waals surface area (Å²) >= 11 is -1.46. The fourth-order valence-corrected chi connectivity index (χ4v) is 6.99. The Morgan fingerprint density at radius 1 is 1.02 bits per heavy atom. The van der Waals surface area contributed by atoms with E-state index < -0.39 is 76.5 Å². The number of nitrogens with two attached hydrogens (primary N) is 1. The Hall–Kier alpha value is -4.97. The number of hydrogen-bond acceptors (Lipinski definition) is 9. The second-order valence-corrected chi connectivity index (χ2v) is 15.7. The maximum Gasteiger partial charge on any atom is 0.253 e. The molecule has 4 rings (SSSR count). The molecule has 0 bridgehead atoms. The van der Waals surface area contributed by atoms with Gasteiger partial charge in [0.15, 0.2) is 0 Å². The van der Waals surface area contributed by atoms with Crippen LogP contribution in [0, 0.1) is 17.0 Å². The fraction of sp³-hybridized carbons (Fsp3) is 0.421. The van der Waals surface area contributed by atoms with Gasteiger partial charge >= 0.3 is 0 Å². The molecule has 14 nitrogen and oxygen atoms in total. The van der Waals surface area contributed by atoms with Crippen molar-refractivity contribution in [2.45, 2.75) is 52.2 Å². The van der Waals surface area contributed by atoms with Crippen LogP contribution in [0.5, 0.6) is 0 Å². The van der Waals surface area contributed by atoms with E-state index in [9.17, 15) is 42.4 Å². The number of nitrogens with zero attached hydrogens (tertiary/aromatic N) is 4. The molecule has 3 atom stereocenters. The zero-order valence-corrected chi connectivity index (χ0v) is 31.8. The highest BCUT2D eigenvalue weighted by Crippen LogP contribution is 2.39. The molecule has 1 aliphatic heterocycles. The topological polar surface area (TPSA) is 203 Å². The number of rotatable bonds is 19. The number of hydrogen-bond donors (Lipinski definition) is 4. The van der Waals surface area contributed by atoms with Crippen LogP contribution < -0.4 is 16.4 Å². The fourth-order valence-electron chi connectivity index (χ4n) is 6.05. The number of aliphatic hydroxyl groups excluding tert-OH is 1. The smallest absolute Gasteiger partial charge is 0.253 e. The van der Waals surface area contributed by atoms with Crippen LogP contribution in [0.4, 0.5) is 8.78 Å². The second kappa shape index (κ2) is 19.6. The number of benzene rings is 2. The molecular formula is C38H47F2N7O7S. The number of imide groups is 1. The molecule has 55 heavy (non-hydrogen) atoms. The van der Waals surface area contributed by atoms with Gasteiger partial charge < -0.3 is 35.5 Å². The van der Waals surface area contributed by atoms with Crippen molar-refractivity contribution in [2.24, 2.45) is 11.1 Å². The average Bonchev–Trinajstić information content (AvgIpc) is 3.70. The summed E-state index contributed by atoms with van der Waals surface area (Å²) in [5.41, 5.74) is 6.47. The van der Waals surface area contributed by atoms with Crippen molar-refractivity contribution in [1.82, 2.24) is 30.0 Å². The second-order valence-electron chi connectivity index (χ2n) is 14.0. The maximum atomic E-state index is 15.0. The molecule has 0 aliphatic carbocycles. The maximum absolute atomic E-state index is 15.0. The van der Waals surface area contributed by atoms with Crippen LogP contribution in [-0.4, -0.2) is 109 Å². The lowest BCUT2D eigenvalue weighted by molar-refractivity contribution is -0.140. The predicted molar refractivity (Wildman–Crippen MR) is 201 cm³/mol.